The maximum absolute atomic E-state index is 14.7. The van der Waals surface area contributed by atoms with Gasteiger partial charge in [-0.05, 0) is 100 Å². The Hall–Kier alpha value is -2.11. The average molecular weight is 440 g/mol. The normalized spacial score (nSPS) is 35.5. The van der Waals surface area contributed by atoms with Crippen LogP contribution in [0.5, 0.6) is 0 Å². The molecule has 6 fully saturated rings. The lowest BCUT2D eigenvalue weighted by Gasteiger charge is -2.56. The zero-order valence-electron chi connectivity index (χ0n) is 18.8. The molecule has 4 saturated carbocycles. The molecule has 0 radical (unpaired) electrons. The van der Waals surface area contributed by atoms with Crippen LogP contribution in [0.1, 0.15) is 64.2 Å². The minimum absolute atomic E-state index is 0.172. The monoisotopic (exact) mass is 439 g/mol. The Morgan fingerprint density at radius 3 is 2.22 bits per heavy atom. The second-order valence-electron chi connectivity index (χ2n) is 11.2. The Kier molecular flexibility index (Phi) is 4.96. The largest absolute Gasteiger partial charge is 0.369 e. The molecule has 1 N–H and O–H groups in total. The molecule has 5 nitrogen and oxygen atoms in total. The summed E-state index contributed by atoms with van der Waals surface area (Å²) in [6.07, 6.45) is 10.7. The maximum atomic E-state index is 14.7. The molecule has 2 saturated heterocycles. The van der Waals surface area contributed by atoms with Crippen molar-refractivity contribution in [2.24, 2.45) is 23.2 Å². The van der Waals surface area contributed by atoms with Gasteiger partial charge < -0.3 is 15.1 Å². The molecule has 0 aromatic heterocycles. The zero-order chi connectivity index (χ0) is 21.9. The van der Waals surface area contributed by atoms with Crippen LogP contribution in [0, 0.1) is 29.0 Å². The highest BCUT2D eigenvalue weighted by atomic mass is 19.1. The summed E-state index contributed by atoms with van der Waals surface area (Å²) >= 11 is 0. The molecule has 2 amide bonds. The lowest BCUT2D eigenvalue weighted by Crippen LogP contribution is -2.56. The third-order valence-electron chi connectivity index (χ3n) is 8.97. The summed E-state index contributed by atoms with van der Waals surface area (Å²) in [5.41, 5.74) is 0.866. The van der Waals surface area contributed by atoms with E-state index in [9.17, 15) is 14.0 Å². The van der Waals surface area contributed by atoms with E-state index in [1.807, 2.05) is 4.90 Å². The van der Waals surface area contributed by atoms with Crippen molar-refractivity contribution in [3.05, 3.63) is 24.0 Å². The summed E-state index contributed by atoms with van der Waals surface area (Å²) in [4.78, 5) is 30.9. The first-order chi connectivity index (χ1) is 15.5. The minimum atomic E-state index is -0.433. The van der Waals surface area contributed by atoms with Gasteiger partial charge in [0.05, 0.1) is 11.1 Å². The van der Waals surface area contributed by atoms with E-state index in [2.05, 4.69) is 10.2 Å². The fourth-order valence-electron chi connectivity index (χ4n) is 7.98. The average Bonchev–Trinajstić information content (AvgIpc) is 3.45. The van der Waals surface area contributed by atoms with Crippen LogP contribution in [-0.4, -0.2) is 42.4 Å². The van der Waals surface area contributed by atoms with Gasteiger partial charge in [0.25, 0.3) is 0 Å². The Bertz CT molecular complexity index is 890. The molecule has 2 heterocycles. The first-order valence-electron chi connectivity index (χ1n) is 12.7. The van der Waals surface area contributed by atoms with Crippen molar-refractivity contribution in [3.63, 3.8) is 0 Å². The molecule has 0 spiro atoms. The van der Waals surface area contributed by atoms with Crippen LogP contribution in [0.25, 0.3) is 0 Å². The number of rotatable bonds is 4. The molecule has 6 heteroatoms. The van der Waals surface area contributed by atoms with Crippen molar-refractivity contribution in [3.8, 4) is 0 Å². The van der Waals surface area contributed by atoms with Gasteiger partial charge in [-0.25, -0.2) is 4.39 Å². The van der Waals surface area contributed by atoms with E-state index >= 15 is 0 Å². The molecule has 1 unspecified atom stereocenters. The zero-order valence-corrected chi connectivity index (χ0v) is 18.8. The summed E-state index contributed by atoms with van der Waals surface area (Å²) in [7, 11) is 0. The van der Waals surface area contributed by atoms with E-state index in [0.717, 1.165) is 51.6 Å². The molecule has 1 aromatic rings. The molecule has 1 aromatic carbocycles. The standard InChI is InChI=1S/C26H34FN3O2/c27-21-13-20(5-6-22(21)29-7-1-2-8-29)28-24(31)23-4-3-9-30(23)25(32)26-14-17-10-18(15-26)12-19(11-17)16-26/h5-6,13,17-19,23H,1-4,7-12,14-16H2,(H,28,31). The van der Waals surface area contributed by atoms with Crippen molar-refractivity contribution in [1.29, 1.82) is 0 Å². The van der Waals surface area contributed by atoms with E-state index in [-0.39, 0.29) is 23.0 Å². The molecule has 1 atom stereocenters. The number of likely N-dealkylation sites (tertiary alicyclic amines) is 1. The Morgan fingerprint density at radius 1 is 0.938 bits per heavy atom. The maximum Gasteiger partial charge on any atom is 0.247 e. The highest BCUT2D eigenvalue weighted by Crippen LogP contribution is 2.60. The van der Waals surface area contributed by atoms with Crippen LogP contribution in [0.15, 0.2) is 18.2 Å². The minimum Gasteiger partial charge on any atom is -0.369 e. The lowest BCUT2D eigenvalue weighted by atomic mass is 9.49. The number of carbonyl (C=O) groups excluding carboxylic acids is 2. The van der Waals surface area contributed by atoms with Gasteiger partial charge in [-0.3, -0.25) is 9.59 Å². The summed E-state index contributed by atoms with van der Waals surface area (Å²) in [6.45, 7) is 2.43. The van der Waals surface area contributed by atoms with Crippen molar-refractivity contribution >= 4 is 23.2 Å². The predicted octanol–water partition coefficient (Wildman–Crippen LogP) is 4.57. The van der Waals surface area contributed by atoms with Crippen molar-refractivity contribution in [2.75, 3.05) is 29.9 Å². The Balaban J connectivity index is 1.16. The second kappa shape index (κ2) is 7.74. The highest BCUT2D eigenvalue weighted by molar-refractivity contribution is 5.98. The molecular formula is C26H34FN3O2. The van der Waals surface area contributed by atoms with Crippen LogP contribution < -0.4 is 10.2 Å². The number of hydrogen-bond acceptors (Lipinski definition) is 3. The van der Waals surface area contributed by atoms with Gasteiger partial charge in [0, 0.05) is 25.3 Å². The second-order valence-corrected chi connectivity index (χ2v) is 11.2. The van der Waals surface area contributed by atoms with E-state index in [1.165, 1.54) is 25.3 Å². The molecular weight excluding hydrogens is 405 g/mol. The fraction of sp³-hybridized carbons (Fsp3) is 0.692. The topological polar surface area (TPSA) is 52.7 Å². The number of nitrogens with one attached hydrogen (secondary N) is 1. The van der Waals surface area contributed by atoms with Crippen LogP contribution >= 0.6 is 0 Å². The van der Waals surface area contributed by atoms with Crippen LogP contribution in [0.2, 0.25) is 0 Å². The van der Waals surface area contributed by atoms with Crippen LogP contribution in [0.3, 0.4) is 0 Å². The van der Waals surface area contributed by atoms with E-state index in [1.54, 1.807) is 12.1 Å². The van der Waals surface area contributed by atoms with E-state index in [4.69, 9.17) is 0 Å². The SMILES string of the molecule is O=C(Nc1ccc(N2CCCC2)c(F)c1)C1CCCN1C(=O)C12CC3CC(CC(C3)C1)C2. The Morgan fingerprint density at radius 2 is 1.59 bits per heavy atom. The van der Waals surface area contributed by atoms with E-state index < -0.39 is 6.04 Å². The highest BCUT2D eigenvalue weighted by Gasteiger charge is 2.56. The number of hydrogen-bond donors (Lipinski definition) is 1. The third-order valence-corrected chi connectivity index (χ3v) is 8.97. The first-order valence-corrected chi connectivity index (χ1v) is 12.7. The first kappa shape index (κ1) is 20.5. The molecule has 4 bridgehead atoms. The van der Waals surface area contributed by atoms with Gasteiger partial charge >= 0.3 is 0 Å². The van der Waals surface area contributed by atoms with Gasteiger partial charge in [0.1, 0.15) is 11.9 Å². The van der Waals surface area contributed by atoms with Crippen LogP contribution in [0.4, 0.5) is 15.8 Å². The Labute approximate surface area is 189 Å². The predicted molar refractivity (Wildman–Crippen MR) is 122 cm³/mol. The molecule has 7 rings (SSSR count). The summed E-state index contributed by atoms with van der Waals surface area (Å²) < 4.78 is 14.7. The number of carbonyl (C=O) groups is 2. The molecule has 32 heavy (non-hydrogen) atoms. The van der Waals surface area contributed by atoms with Gasteiger partial charge in [-0.1, -0.05) is 0 Å². The number of benzene rings is 1. The van der Waals surface area contributed by atoms with Gasteiger partial charge in [0.15, 0.2) is 0 Å². The molecule has 2 aliphatic heterocycles. The fourth-order valence-corrected chi connectivity index (χ4v) is 7.98. The quantitative estimate of drug-likeness (QED) is 0.748. The summed E-state index contributed by atoms with van der Waals surface area (Å²) in [5.74, 6) is 1.88. The molecule has 6 aliphatic rings. The summed E-state index contributed by atoms with van der Waals surface area (Å²) in [6, 6.07) is 4.54. The van der Waals surface area contributed by atoms with Crippen molar-refractivity contribution < 1.29 is 14.0 Å². The third kappa shape index (κ3) is 3.41. The number of nitrogens with zero attached hydrogens (tertiary/aromatic N) is 2. The smallest absolute Gasteiger partial charge is 0.247 e. The van der Waals surface area contributed by atoms with E-state index in [0.29, 0.717) is 42.1 Å². The molecule has 172 valence electrons. The number of amides is 2. The van der Waals surface area contributed by atoms with Crippen molar-refractivity contribution in [1.82, 2.24) is 4.90 Å². The van der Waals surface area contributed by atoms with Gasteiger partial charge in [-0.15, -0.1) is 0 Å². The number of anilines is 2. The van der Waals surface area contributed by atoms with Gasteiger partial charge in [-0.2, -0.15) is 0 Å². The lowest BCUT2D eigenvalue weighted by molar-refractivity contribution is -0.160. The van der Waals surface area contributed by atoms with Crippen LogP contribution in [-0.2, 0) is 9.59 Å². The number of halogens is 1. The molecule has 4 aliphatic carbocycles. The summed E-state index contributed by atoms with van der Waals surface area (Å²) in [5, 5.41) is 2.91. The van der Waals surface area contributed by atoms with Crippen molar-refractivity contribution in [2.45, 2.75) is 70.3 Å². The van der Waals surface area contributed by atoms with Gasteiger partial charge in [0.2, 0.25) is 11.8 Å².